The Labute approximate surface area is 93.6 Å². The van der Waals surface area contributed by atoms with Crippen molar-refractivity contribution in [1.82, 2.24) is 0 Å². The van der Waals surface area contributed by atoms with Gasteiger partial charge in [-0.25, -0.2) is 0 Å². The van der Waals surface area contributed by atoms with E-state index in [1.54, 1.807) is 6.07 Å². The van der Waals surface area contributed by atoms with Crippen molar-refractivity contribution in [2.24, 2.45) is 0 Å². The van der Waals surface area contributed by atoms with Crippen LogP contribution in [-0.4, -0.2) is 10.8 Å². The van der Waals surface area contributed by atoms with Crippen LogP contribution in [0.2, 0.25) is 0 Å². The standard InChI is InChI=1S/C11H14N2O3/c1-7(2)10-5-4-9(13(15)16)6-11(10)12-8(3)14/h4-7H,1-3H3,(H,12,14). The van der Waals surface area contributed by atoms with Gasteiger partial charge in [0.25, 0.3) is 5.69 Å². The smallest absolute Gasteiger partial charge is 0.271 e. The van der Waals surface area contributed by atoms with E-state index in [2.05, 4.69) is 5.32 Å². The second-order valence-corrected chi connectivity index (χ2v) is 3.86. The molecular weight excluding hydrogens is 208 g/mol. The van der Waals surface area contributed by atoms with E-state index < -0.39 is 4.92 Å². The summed E-state index contributed by atoms with van der Waals surface area (Å²) in [7, 11) is 0. The van der Waals surface area contributed by atoms with Crippen LogP contribution in [0.15, 0.2) is 18.2 Å². The summed E-state index contributed by atoms with van der Waals surface area (Å²) >= 11 is 0. The fraction of sp³-hybridized carbons (Fsp3) is 0.364. The molecule has 1 rings (SSSR count). The summed E-state index contributed by atoms with van der Waals surface area (Å²) < 4.78 is 0. The zero-order valence-corrected chi connectivity index (χ0v) is 9.48. The number of non-ortho nitro benzene ring substituents is 1. The number of hydrogen-bond donors (Lipinski definition) is 1. The minimum atomic E-state index is -0.477. The molecule has 0 radical (unpaired) electrons. The molecule has 0 unspecified atom stereocenters. The van der Waals surface area contributed by atoms with E-state index in [9.17, 15) is 14.9 Å². The molecule has 86 valence electrons. The first-order valence-corrected chi connectivity index (χ1v) is 4.97. The number of benzene rings is 1. The molecule has 5 nitrogen and oxygen atoms in total. The number of nitro benzene ring substituents is 1. The summed E-state index contributed by atoms with van der Waals surface area (Å²) in [6.45, 7) is 5.31. The Balaban J connectivity index is 3.20. The maximum absolute atomic E-state index is 11.0. The Bertz CT molecular complexity index is 427. The van der Waals surface area contributed by atoms with Gasteiger partial charge < -0.3 is 5.32 Å². The summed E-state index contributed by atoms with van der Waals surface area (Å²) in [5, 5.41) is 13.2. The Morgan fingerprint density at radius 2 is 2.06 bits per heavy atom. The number of nitrogens with zero attached hydrogens (tertiary/aromatic N) is 1. The highest BCUT2D eigenvalue weighted by Crippen LogP contribution is 2.28. The van der Waals surface area contributed by atoms with Crippen molar-refractivity contribution in [3.8, 4) is 0 Å². The van der Waals surface area contributed by atoms with Crippen LogP contribution in [0.25, 0.3) is 0 Å². The van der Waals surface area contributed by atoms with E-state index >= 15 is 0 Å². The second kappa shape index (κ2) is 4.74. The SMILES string of the molecule is CC(=O)Nc1cc([N+](=O)[O-])ccc1C(C)C. The van der Waals surface area contributed by atoms with Crippen molar-refractivity contribution in [1.29, 1.82) is 0 Å². The summed E-state index contributed by atoms with van der Waals surface area (Å²) in [6.07, 6.45) is 0. The van der Waals surface area contributed by atoms with Gasteiger partial charge in [-0.2, -0.15) is 0 Å². The van der Waals surface area contributed by atoms with Crippen LogP contribution in [0.1, 0.15) is 32.3 Å². The number of nitro groups is 1. The van der Waals surface area contributed by atoms with E-state index in [0.29, 0.717) is 5.69 Å². The molecule has 0 saturated carbocycles. The molecular formula is C11H14N2O3. The van der Waals surface area contributed by atoms with E-state index in [-0.39, 0.29) is 17.5 Å². The normalized spacial score (nSPS) is 10.2. The molecule has 0 spiro atoms. The number of nitrogens with one attached hydrogen (secondary N) is 1. The number of amides is 1. The molecule has 0 bridgehead atoms. The van der Waals surface area contributed by atoms with E-state index in [1.807, 2.05) is 13.8 Å². The zero-order valence-electron chi connectivity index (χ0n) is 9.48. The highest BCUT2D eigenvalue weighted by atomic mass is 16.6. The number of hydrogen-bond acceptors (Lipinski definition) is 3. The molecule has 0 fully saturated rings. The van der Waals surface area contributed by atoms with Crippen molar-refractivity contribution < 1.29 is 9.72 Å². The van der Waals surface area contributed by atoms with Crippen LogP contribution in [0.4, 0.5) is 11.4 Å². The molecule has 1 aromatic carbocycles. The Hall–Kier alpha value is -1.91. The quantitative estimate of drug-likeness (QED) is 0.631. The predicted molar refractivity (Wildman–Crippen MR) is 61.5 cm³/mol. The van der Waals surface area contributed by atoms with Crippen molar-refractivity contribution in [3.63, 3.8) is 0 Å². The van der Waals surface area contributed by atoms with Crippen LogP contribution in [-0.2, 0) is 4.79 Å². The third-order valence-electron chi connectivity index (χ3n) is 2.18. The van der Waals surface area contributed by atoms with Gasteiger partial charge in [0.15, 0.2) is 0 Å². The lowest BCUT2D eigenvalue weighted by molar-refractivity contribution is -0.384. The van der Waals surface area contributed by atoms with Crippen LogP contribution < -0.4 is 5.32 Å². The highest BCUT2D eigenvalue weighted by molar-refractivity contribution is 5.90. The minimum absolute atomic E-state index is 0.0202. The molecule has 0 aliphatic heterocycles. The van der Waals surface area contributed by atoms with Gasteiger partial charge >= 0.3 is 0 Å². The molecule has 0 heterocycles. The van der Waals surface area contributed by atoms with Crippen molar-refractivity contribution in [2.45, 2.75) is 26.7 Å². The van der Waals surface area contributed by atoms with Gasteiger partial charge in [0.05, 0.1) is 10.6 Å². The van der Waals surface area contributed by atoms with E-state index in [1.165, 1.54) is 19.1 Å². The van der Waals surface area contributed by atoms with Gasteiger partial charge in [-0.1, -0.05) is 13.8 Å². The molecule has 0 aliphatic rings. The molecule has 1 aromatic rings. The molecule has 0 aliphatic carbocycles. The van der Waals surface area contributed by atoms with Crippen LogP contribution in [0.5, 0.6) is 0 Å². The Kier molecular flexibility index (Phi) is 3.60. The first kappa shape index (κ1) is 12.2. The van der Waals surface area contributed by atoms with E-state index in [4.69, 9.17) is 0 Å². The van der Waals surface area contributed by atoms with Gasteiger partial charge in [0, 0.05) is 19.1 Å². The third-order valence-corrected chi connectivity index (χ3v) is 2.18. The second-order valence-electron chi connectivity index (χ2n) is 3.86. The van der Waals surface area contributed by atoms with Crippen molar-refractivity contribution in [2.75, 3.05) is 5.32 Å². The molecule has 0 atom stereocenters. The summed E-state index contributed by atoms with van der Waals surface area (Å²) in [4.78, 5) is 21.1. The number of anilines is 1. The molecule has 0 aromatic heterocycles. The Morgan fingerprint density at radius 3 is 2.50 bits per heavy atom. The monoisotopic (exact) mass is 222 g/mol. The number of carbonyl (C=O) groups excluding carboxylic acids is 1. The average Bonchev–Trinajstić information content (AvgIpc) is 2.15. The van der Waals surface area contributed by atoms with Crippen molar-refractivity contribution >= 4 is 17.3 Å². The van der Waals surface area contributed by atoms with Gasteiger partial charge in [0.1, 0.15) is 0 Å². The zero-order chi connectivity index (χ0) is 12.3. The van der Waals surface area contributed by atoms with Crippen LogP contribution >= 0.6 is 0 Å². The van der Waals surface area contributed by atoms with Crippen LogP contribution in [0, 0.1) is 10.1 Å². The van der Waals surface area contributed by atoms with Gasteiger partial charge in [0.2, 0.25) is 5.91 Å². The molecule has 5 heteroatoms. The van der Waals surface area contributed by atoms with E-state index in [0.717, 1.165) is 5.56 Å². The minimum Gasteiger partial charge on any atom is -0.326 e. The fourth-order valence-electron chi connectivity index (χ4n) is 1.46. The lowest BCUT2D eigenvalue weighted by Crippen LogP contribution is -2.09. The summed E-state index contributed by atoms with van der Waals surface area (Å²) in [5.41, 5.74) is 1.38. The third kappa shape index (κ3) is 2.79. The lowest BCUT2D eigenvalue weighted by Gasteiger charge is -2.12. The van der Waals surface area contributed by atoms with Crippen LogP contribution in [0.3, 0.4) is 0 Å². The maximum atomic E-state index is 11.0. The maximum Gasteiger partial charge on any atom is 0.271 e. The number of carbonyl (C=O) groups is 1. The lowest BCUT2D eigenvalue weighted by atomic mass is 10.0. The van der Waals surface area contributed by atoms with Gasteiger partial charge in [-0.3, -0.25) is 14.9 Å². The summed E-state index contributed by atoms with van der Waals surface area (Å²) in [6, 6.07) is 4.51. The molecule has 16 heavy (non-hydrogen) atoms. The molecule has 1 amide bonds. The topological polar surface area (TPSA) is 72.2 Å². The van der Waals surface area contributed by atoms with Gasteiger partial charge in [-0.05, 0) is 17.5 Å². The first-order valence-electron chi connectivity index (χ1n) is 4.97. The molecule has 0 saturated heterocycles. The number of rotatable bonds is 3. The first-order chi connectivity index (χ1) is 7.41. The average molecular weight is 222 g/mol. The Morgan fingerprint density at radius 1 is 1.44 bits per heavy atom. The fourth-order valence-corrected chi connectivity index (χ4v) is 1.46. The summed E-state index contributed by atoms with van der Waals surface area (Å²) in [5.74, 6) is -0.0370. The predicted octanol–water partition coefficient (Wildman–Crippen LogP) is 2.68. The van der Waals surface area contributed by atoms with Gasteiger partial charge in [-0.15, -0.1) is 0 Å². The molecule has 1 N–H and O–H groups in total. The highest BCUT2D eigenvalue weighted by Gasteiger charge is 2.13. The van der Waals surface area contributed by atoms with Crippen molar-refractivity contribution in [3.05, 3.63) is 33.9 Å². The largest absolute Gasteiger partial charge is 0.326 e.